The molecule has 1 aromatic heterocycles. The zero-order chi connectivity index (χ0) is 12.5. The first-order valence-electron chi connectivity index (χ1n) is 6.40. The summed E-state index contributed by atoms with van der Waals surface area (Å²) in [4.78, 5) is 4.45. The third-order valence-electron chi connectivity index (χ3n) is 3.59. The van der Waals surface area contributed by atoms with Crippen LogP contribution >= 0.6 is 0 Å². The molecule has 1 fully saturated rings. The van der Waals surface area contributed by atoms with Crippen LogP contribution in [0.25, 0.3) is 0 Å². The van der Waals surface area contributed by atoms with Crippen molar-refractivity contribution in [3.63, 3.8) is 0 Å². The Labute approximate surface area is 106 Å². The van der Waals surface area contributed by atoms with Crippen molar-refractivity contribution in [1.29, 1.82) is 0 Å². The Morgan fingerprint density at radius 1 is 1.33 bits per heavy atom. The summed E-state index contributed by atoms with van der Waals surface area (Å²) in [6.07, 6.45) is 2.78. The molecule has 0 saturated heterocycles. The number of aromatic nitrogens is 2. The van der Waals surface area contributed by atoms with Crippen LogP contribution in [0.4, 0.5) is 5.69 Å². The van der Waals surface area contributed by atoms with Gasteiger partial charge in [-0.1, -0.05) is 30.3 Å². The summed E-state index contributed by atoms with van der Waals surface area (Å²) >= 11 is 0. The van der Waals surface area contributed by atoms with E-state index in [1.165, 1.54) is 6.42 Å². The average Bonchev–Trinajstić information content (AvgIpc) is 2.91. The first-order valence-corrected chi connectivity index (χ1v) is 6.40. The lowest BCUT2D eigenvalue weighted by molar-refractivity contribution is 0.372. The lowest BCUT2D eigenvalue weighted by Gasteiger charge is -2.02. The van der Waals surface area contributed by atoms with Crippen LogP contribution in [0.1, 0.15) is 36.5 Å². The Kier molecular flexibility index (Phi) is 2.78. The molecule has 1 aliphatic carbocycles. The second-order valence-electron chi connectivity index (χ2n) is 5.06. The Balaban J connectivity index is 1.63. The molecule has 2 atom stereocenters. The highest BCUT2D eigenvalue weighted by Gasteiger charge is 2.37. The Hall–Kier alpha value is -1.84. The Morgan fingerprint density at radius 3 is 2.83 bits per heavy atom. The predicted octanol–water partition coefficient (Wildman–Crippen LogP) is 2.56. The van der Waals surface area contributed by atoms with Gasteiger partial charge in [0.15, 0.2) is 5.82 Å². The van der Waals surface area contributed by atoms with Gasteiger partial charge in [0.25, 0.3) is 0 Å². The summed E-state index contributed by atoms with van der Waals surface area (Å²) in [5, 5.41) is 4.05. The quantitative estimate of drug-likeness (QED) is 0.838. The largest absolute Gasteiger partial charge is 0.399 e. The summed E-state index contributed by atoms with van der Waals surface area (Å²) in [6, 6.07) is 7.89. The van der Waals surface area contributed by atoms with Crippen molar-refractivity contribution in [2.45, 2.75) is 32.1 Å². The van der Waals surface area contributed by atoms with Crippen molar-refractivity contribution in [3.8, 4) is 0 Å². The maximum atomic E-state index is 5.90. The van der Waals surface area contributed by atoms with E-state index in [2.05, 4.69) is 17.1 Å². The maximum absolute atomic E-state index is 5.90. The molecule has 94 valence electrons. The fourth-order valence-electron chi connectivity index (χ4n) is 2.21. The van der Waals surface area contributed by atoms with E-state index in [-0.39, 0.29) is 0 Å². The van der Waals surface area contributed by atoms with Crippen LogP contribution in [0.3, 0.4) is 0 Å². The molecule has 0 aliphatic heterocycles. The summed E-state index contributed by atoms with van der Waals surface area (Å²) in [5.74, 6) is 2.82. The van der Waals surface area contributed by atoms with Gasteiger partial charge in [-0.15, -0.1) is 0 Å². The van der Waals surface area contributed by atoms with E-state index in [9.17, 15) is 0 Å². The molecule has 18 heavy (non-hydrogen) atoms. The number of nitrogens with two attached hydrogens (primary N) is 1. The summed E-state index contributed by atoms with van der Waals surface area (Å²) < 4.78 is 5.27. The van der Waals surface area contributed by atoms with Gasteiger partial charge in [0.1, 0.15) is 0 Å². The van der Waals surface area contributed by atoms with Gasteiger partial charge in [-0.25, -0.2) is 0 Å². The number of nitrogens with zero attached hydrogens (tertiary/aromatic N) is 2. The third-order valence-corrected chi connectivity index (χ3v) is 3.59. The van der Waals surface area contributed by atoms with Crippen molar-refractivity contribution in [2.24, 2.45) is 5.92 Å². The summed E-state index contributed by atoms with van der Waals surface area (Å²) in [5.41, 5.74) is 7.86. The van der Waals surface area contributed by atoms with Crippen molar-refractivity contribution in [1.82, 2.24) is 10.1 Å². The van der Waals surface area contributed by atoms with E-state index in [0.717, 1.165) is 29.9 Å². The molecular weight excluding hydrogens is 226 g/mol. The van der Waals surface area contributed by atoms with Crippen molar-refractivity contribution >= 4 is 5.69 Å². The first kappa shape index (κ1) is 11.3. The molecule has 1 aliphatic rings. The normalized spacial score (nSPS) is 22.1. The number of nitrogen functional groups attached to an aromatic ring is 1. The van der Waals surface area contributed by atoms with Gasteiger partial charge < -0.3 is 10.3 Å². The van der Waals surface area contributed by atoms with Crippen LogP contribution in [0.5, 0.6) is 0 Å². The Bertz CT molecular complexity index is 549. The van der Waals surface area contributed by atoms with E-state index >= 15 is 0 Å². The minimum atomic E-state index is 0.518. The minimum absolute atomic E-state index is 0.518. The molecule has 1 heterocycles. The van der Waals surface area contributed by atoms with Gasteiger partial charge in [0, 0.05) is 18.0 Å². The van der Waals surface area contributed by atoms with E-state index in [0.29, 0.717) is 17.7 Å². The molecule has 1 aromatic carbocycles. The van der Waals surface area contributed by atoms with Crippen LogP contribution in [-0.2, 0) is 12.8 Å². The molecule has 1 saturated carbocycles. The molecule has 0 amide bonds. The van der Waals surface area contributed by atoms with Gasteiger partial charge in [-0.2, -0.15) is 4.98 Å². The zero-order valence-electron chi connectivity index (χ0n) is 10.5. The number of hydrogen-bond acceptors (Lipinski definition) is 4. The van der Waals surface area contributed by atoms with Crippen molar-refractivity contribution in [2.75, 3.05) is 5.73 Å². The average molecular weight is 243 g/mol. The lowest BCUT2D eigenvalue weighted by atomic mass is 10.1. The topological polar surface area (TPSA) is 64.9 Å². The fraction of sp³-hybridized carbons (Fsp3) is 0.429. The molecule has 0 spiro atoms. The Morgan fingerprint density at radius 2 is 2.11 bits per heavy atom. The molecule has 2 aromatic rings. The lowest BCUT2D eigenvalue weighted by Crippen LogP contribution is -1.97. The van der Waals surface area contributed by atoms with E-state index < -0.39 is 0 Å². The van der Waals surface area contributed by atoms with Gasteiger partial charge in [-0.3, -0.25) is 0 Å². The molecule has 4 nitrogen and oxygen atoms in total. The van der Waals surface area contributed by atoms with Gasteiger partial charge in [-0.05, 0) is 30.4 Å². The number of para-hydroxylation sites is 1. The zero-order valence-corrected chi connectivity index (χ0v) is 10.5. The molecule has 0 bridgehead atoms. The molecule has 3 rings (SSSR count). The highest BCUT2D eigenvalue weighted by Crippen LogP contribution is 2.45. The standard InChI is InChI=1S/C14H17N3O/c1-9-8-11(9)14-16-13(18-17-14)7-6-10-4-2-3-5-12(10)15/h2-5,9,11H,6-8,15H2,1H3. The third kappa shape index (κ3) is 2.23. The highest BCUT2D eigenvalue weighted by molar-refractivity contribution is 5.46. The van der Waals surface area contributed by atoms with Crippen LogP contribution in [0.2, 0.25) is 0 Å². The van der Waals surface area contributed by atoms with Crippen LogP contribution in [0.15, 0.2) is 28.8 Å². The van der Waals surface area contributed by atoms with Crippen molar-refractivity contribution in [3.05, 3.63) is 41.5 Å². The molecule has 0 radical (unpaired) electrons. The van der Waals surface area contributed by atoms with E-state index in [1.54, 1.807) is 0 Å². The highest BCUT2D eigenvalue weighted by atomic mass is 16.5. The fourth-order valence-corrected chi connectivity index (χ4v) is 2.21. The predicted molar refractivity (Wildman–Crippen MR) is 69.1 cm³/mol. The minimum Gasteiger partial charge on any atom is -0.399 e. The number of benzene rings is 1. The maximum Gasteiger partial charge on any atom is 0.226 e. The second kappa shape index (κ2) is 4.44. The molecular formula is C14H17N3O. The number of hydrogen-bond donors (Lipinski definition) is 1. The van der Waals surface area contributed by atoms with E-state index in [4.69, 9.17) is 10.3 Å². The number of anilines is 1. The van der Waals surface area contributed by atoms with Crippen LogP contribution in [0, 0.1) is 5.92 Å². The van der Waals surface area contributed by atoms with Crippen LogP contribution in [-0.4, -0.2) is 10.1 Å². The van der Waals surface area contributed by atoms with Crippen LogP contribution < -0.4 is 5.73 Å². The SMILES string of the molecule is CC1CC1c1noc(CCc2ccccc2N)n1. The van der Waals surface area contributed by atoms with Crippen molar-refractivity contribution < 1.29 is 4.52 Å². The molecule has 2 unspecified atom stereocenters. The van der Waals surface area contributed by atoms with Gasteiger partial charge >= 0.3 is 0 Å². The molecule has 4 heteroatoms. The summed E-state index contributed by atoms with van der Waals surface area (Å²) in [7, 11) is 0. The smallest absolute Gasteiger partial charge is 0.226 e. The monoisotopic (exact) mass is 243 g/mol. The first-order chi connectivity index (χ1) is 8.74. The molecule has 2 N–H and O–H groups in total. The van der Waals surface area contributed by atoms with E-state index in [1.807, 2.05) is 24.3 Å². The van der Waals surface area contributed by atoms with Gasteiger partial charge in [0.05, 0.1) is 0 Å². The second-order valence-corrected chi connectivity index (χ2v) is 5.06. The van der Waals surface area contributed by atoms with Gasteiger partial charge in [0.2, 0.25) is 5.89 Å². The number of rotatable bonds is 4. The summed E-state index contributed by atoms with van der Waals surface area (Å²) in [6.45, 7) is 2.21. The number of aryl methyl sites for hydroxylation is 2.